The average molecular weight is 157 g/mol. The Labute approximate surface area is 68.9 Å². The lowest BCUT2D eigenvalue weighted by molar-refractivity contribution is 0.209. The topological polar surface area (TPSA) is 29.5 Å². The summed E-state index contributed by atoms with van der Waals surface area (Å²) in [4.78, 5) is 0. The molecule has 0 aromatic rings. The van der Waals surface area contributed by atoms with Gasteiger partial charge >= 0.3 is 0 Å². The van der Waals surface area contributed by atoms with Gasteiger partial charge in [0.25, 0.3) is 0 Å². The molecule has 2 nitrogen and oxygen atoms in total. The Morgan fingerprint density at radius 1 is 1.73 bits per heavy atom. The van der Waals surface area contributed by atoms with Gasteiger partial charge in [0, 0.05) is 6.42 Å². The summed E-state index contributed by atoms with van der Waals surface area (Å²) in [6, 6.07) is 0. The van der Waals surface area contributed by atoms with Gasteiger partial charge in [0.05, 0.1) is 19.0 Å². The lowest BCUT2D eigenvalue weighted by atomic mass is 10.2. The van der Waals surface area contributed by atoms with Crippen LogP contribution >= 0.6 is 0 Å². The number of aliphatic hydroxyl groups is 1. The third kappa shape index (κ3) is 4.85. The predicted octanol–water partition coefficient (Wildman–Crippen LogP) is 1.90. The van der Waals surface area contributed by atoms with Crippen LogP contribution in [-0.2, 0) is 4.74 Å². The first-order valence-corrected chi connectivity index (χ1v) is 3.96. The summed E-state index contributed by atoms with van der Waals surface area (Å²) in [5.74, 6) is 0.851. The molecule has 0 aromatic heterocycles. The van der Waals surface area contributed by atoms with Crippen LogP contribution < -0.4 is 0 Å². The molecule has 1 radical (unpaired) electrons. The highest BCUT2D eigenvalue weighted by atomic mass is 16.5. The Hall–Kier alpha value is -0.500. The molecule has 0 aliphatic carbocycles. The maximum atomic E-state index is 9.17. The number of hydrogen-bond donors (Lipinski definition) is 1. The molecule has 0 saturated heterocycles. The SMILES string of the molecule is [CH2]C[C@H](O)C=C(CCC)OC. The minimum absolute atomic E-state index is 0.462. The number of hydrogen-bond acceptors (Lipinski definition) is 2. The maximum absolute atomic E-state index is 9.17. The highest BCUT2D eigenvalue weighted by Gasteiger charge is 1.99. The smallest absolute Gasteiger partial charge is 0.0941 e. The molecular formula is C9H17O2. The molecule has 1 atom stereocenters. The van der Waals surface area contributed by atoms with E-state index in [1.54, 1.807) is 13.2 Å². The predicted molar refractivity (Wildman–Crippen MR) is 46.0 cm³/mol. The van der Waals surface area contributed by atoms with Gasteiger partial charge in [0.2, 0.25) is 0 Å². The highest BCUT2D eigenvalue weighted by Crippen LogP contribution is 2.07. The van der Waals surface area contributed by atoms with Gasteiger partial charge in [-0.3, -0.25) is 0 Å². The second-order valence-corrected chi connectivity index (χ2v) is 2.44. The van der Waals surface area contributed by atoms with Crippen molar-refractivity contribution in [3.63, 3.8) is 0 Å². The van der Waals surface area contributed by atoms with Gasteiger partial charge in [-0.2, -0.15) is 0 Å². The van der Waals surface area contributed by atoms with Crippen LogP contribution in [0.4, 0.5) is 0 Å². The highest BCUT2D eigenvalue weighted by molar-refractivity contribution is 4.97. The van der Waals surface area contributed by atoms with Gasteiger partial charge in [-0.05, 0) is 18.9 Å². The average Bonchev–Trinajstić information content (AvgIpc) is 2.03. The van der Waals surface area contributed by atoms with E-state index >= 15 is 0 Å². The van der Waals surface area contributed by atoms with E-state index in [2.05, 4.69) is 13.8 Å². The summed E-state index contributed by atoms with van der Waals surface area (Å²) in [5, 5.41) is 9.17. The van der Waals surface area contributed by atoms with Crippen LogP contribution in [0, 0.1) is 6.92 Å². The van der Waals surface area contributed by atoms with Crippen LogP contribution in [0.3, 0.4) is 0 Å². The summed E-state index contributed by atoms with van der Waals surface area (Å²) in [5.41, 5.74) is 0. The van der Waals surface area contributed by atoms with Crippen LogP contribution in [0.5, 0.6) is 0 Å². The number of aliphatic hydroxyl groups excluding tert-OH is 1. The normalized spacial score (nSPS) is 14.7. The van der Waals surface area contributed by atoms with E-state index in [0.29, 0.717) is 6.42 Å². The molecule has 0 aliphatic rings. The van der Waals surface area contributed by atoms with Crippen molar-refractivity contribution in [2.24, 2.45) is 0 Å². The molecule has 11 heavy (non-hydrogen) atoms. The first-order chi connectivity index (χ1) is 5.24. The molecule has 0 aliphatic heterocycles. The standard InChI is InChI=1S/C9H17O2/c1-4-6-9(11-3)7-8(10)5-2/h7-8,10H,2,4-6H2,1,3H3/t8-/m0/s1. The van der Waals surface area contributed by atoms with E-state index in [0.717, 1.165) is 18.6 Å². The quantitative estimate of drug-likeness (QED) is 0.618. The minimum atomic E-state index is -0.462. The molecule has 1 N–H and O–H groups in total. The Morgan fingerprint density at radius 2 is 2.36 bits per heavy atom. The van der Waals surface area contributed by atoms with Gasteiger partial charge in [-0.1, -0.05) is 13.8 Å². The molecule has 0 unspecified atom stereocenters. The Bertz CT molecular complexity index is 119. The van der Waals surface area contributed by atoms with E-state index in [9.17, 15) is 0 Å². The number of methoxy groups -OCH3 is 1. The van der Waals surface area contributed by atoms with Crippen molar-refractivity contribution >= 4 is 0 Å². The van der Waals surface area contributed by atoms with Crippen LogP contribution in [0.15, 0.2) is 11.8 Å². The van der Waals surface area contributed by atoms with Crippen molar-refractivity contribution < 1.29 is 9.84 Å². The molecule has 0 rings (SSSR count). The maximum Gasteiger partial charge on any atom is 0.0941 e. The summed E-state index contributed by atoms with van der Waals surface area (Å²) in [6.45, 7) is 5.66. The zero-order chi connectivity index (χ0) is 8.69. The fourth-order valence-corrected chi connectivity index (χ4v) is 0.798. The first kappa shape index (κ1) is 10.5. The fraction of sp³-hybridized carbons (Fsp3) is 0.667. The second-order valence-electron chi connectivity index (χ2n) is 2.44. The number of ether oxygens (including phenoxy) is 1. The van der Waals surface area contributed by atoms with Crippen molar-refractivity contribution in [3.8, 4) is 0 Å². The molecule has 0 aromatic carbocycles. The van der Waals surface area contributed by atoms with Crippen LogP contribution in [0.1, 0.15) is 26.2 Å². The third-order valence-electron chi connectivity index (χ3n) is 1.43. The van der Waals surface area contributed by atoms with Crippen LogP contribution in [0.2, 0.25) is 0 Å². The van der Waals surface area contributed by atoms with E-state index in [-0.39, 0.29) is 0 Å². The van der Waals surface area contributed by atoms with Crippen molar-refractivity contribution in [2.75, 3.05) is 7.11 Å². The molecule has 0 amide bonds. The summed E-state index contributed by atoms with van der Waals surface area (Å²) >= 11 is 0. The van der Waals surface area contributed by atoms with E-state index in [1.165, 1.54) is 0 Å². The van der Waals surface area contributed by atoms with Crippen molar-refractivity contribution in [2.45, 2.75) is 32.3 Å². The first-order valence-electron chi connectivity index (χ1n) is 3.96. The van der Waals surface area contributed by atoms with Crippen LogP contribution in [0.25, 0.3) is 0 Å². The minimum Gasteiger partial charge on any atom is -0.501 e. The molecule has 0 bridgehead atoms. The molecule has 0 heterocycles. The molecule has 0 spiro atoms. The summed E-state index contributed by atoms with van der Waals surface area (Å²) in [7, 11) is 1.62. The Kier molecular flexibility index (Phi) is 5.94. The summed E-state index contributed by atoms with van der Waals surface area (Å²) in [6.07, 6.45) is 3.67. The molecule has 0 fully saturated rings. The van der Waals surface area contributed by atoms with Gasteiger partial charge in [0.1, 0.15) is 0 Å². The van der Waals surface area contributed by atoms with Gasteiger partial charge < -0.3 is 9.84 Å². The zero-order valence-electron chi connectivity index (χ0n) is 7.34. The number of allylic oxidation sites excluding steroid dienone is 1. The van der Waals surface area contributed by atoms with E-state index < -0.39 is 6.10 Å². The van der Waals surface area contributed by atoms with Gasteiger partial charge in [0.15, 0.2) is 0 Å². The summed E-state index contributed by atoms with van der Waals surface area (Å²) < 4.78 is 5.04. The van der Waals surface area contributed by atoms with Crippen molar-refractivity contribution in [3.05, 3.63) is 18.8 Å². The van der Waals surface area contributed by atoms with E-state index in [4.69, 9.17) is 9.84 Å². The van der Waals surface area contributed by atoms with Gasteiger partial charge in [-0.25, -0.2) is 0 Å². The molecule has 0 saturated carbocycles. The zero-order valence-corrected chi connectivity index (χ0v) is 7.34. The van der Waals surface area contributed by atoms with Crippen LogP contribution in [-0.4, -0.2) is 18.3 Å². The molecular weight excluding hydrogens is 140 g/mol. The van der Waals surface area contributed by atoms with Crippen molar-refractivity contribution in [1.29, 1.82) is 0 Å². The van der Waals surface area contributed by atoms with E-state index in [1.807, 2.05) is 0 Å². The lowest BCUT2D eigenvalue weighted by Gasteiger charge is -2.06. The largest absolute Gasteiger partial charge is 0.501 e. The fourth-order valence-electron chi connectivity index (χ4n) is 0.798. The molecule has 2 heteroatoms. The Morgan fingerprint density at radius 3 is 2.73 bits per heavy atom. The second kappa shape index (κ2) is 6.23. The van der Waals surface area contributed by atoms with Gasteiger partial charge in [-0.15, -0.1) is 0 Å². The lowest BCUT2D eigenvalue weighted by Crippen LogP contribution is -2.02. The van der Waals surface area contributed by atoms with Crippen molar-refractivity contribution in [1.82, 2.24) is 0 Å². The number of rotatable bonds is 5. The third-order valence-corrected chi connectivity index (χ3v) is 1.43. The monoisotopic (exact) mass is 157 g/mol. The molecule has 65 valence electrons. The Balaban J connectivity index is 3.88.